The number of halogens is 1. The highest BCUT2D eigenvalue weighted by Gasteiger charge is 2.29. The third-order valence-electron chi connectivity index (χ3n) is 3.41. The van der Waals surface area contributed by atoms with Crippen molar-refractivity contribution in [3.63, 3.8) is 0 Å². The Bertz CT molecular complexity index is 546. The van der Waals surface area contributed by atoms with Gasteiger partial charge >= 0.3 is 0 Å². The van der Waals surface area contributed by atoms with Crippen LogP contribution in [0.3, 0.4) is 0 Å². The fraction of sp³-hybridized carbons (Fsp3) is 0.333. The van der Waals surface area contributed by atoms with Gasteiger partial charge in [0.25, 0.3) is 0 Å². The van der Waals surface area contributed by atoms with E-state index in [9.17, 15) is 0 Å². The predicted octanol–water partition coefficient (Wildman–Crippen LogP) is 4.26. The van der Waals surface area contributed by atoms with Crippen molar-refractivity contribution in [3.8, 4) is 0 Å². The largest absolute Gasteiger partial charge is 0.399 e. The van der Waals surface area contributed by atoms with Crippen molar-refractivity contribution in [1.29, 1.82) is 0 Å². The molecule has 2 nitrogen and oxygen atoms in total. The molecular weight excluding hydrogens is 320 g/mol. The van der Waals surface area contributed by atoms with Gasteiger partial charge in [-0.1, -0.05) is 12.1 Å². The smallest absolute Gasteiger partial charge is 0.0334 e. The maximum atomic E-state index is 5.74. The second-order valence-electron chi connectivity index (χ2n) is 5.11. The lowest BCUT2D eigenvalue weighted by Gasteiger charge is -2.21. The van der Waals surface area contributed by atoms with E-state index in [-0.39, 0.29) is 0 Å². The summed E-state index contributed by atoms with van der Waals surface area (Å²) in [5, 5.41) is 2.16. The molecule has 4 heteroatoms. The van der Waals surface area contributed by atoms with Crippen LogP contribution in [0.25, 0.3) is 0 Å². The number of hydrogen-bond donors (Lipinski definition) is 1. The summed E-state index contributed by atoms with van der Waals surface area (Å²) >= 11 is 5.36. The van der Waals surface area contributed by atoms with E-state index in [0.29, 0.717) is 0 Å². The highest BCUT2D eigenvalue weighted by Crippen LogP contribution is 2.31. The monoisotopic (exact) mass is 336 g/mol. The summed E-state index contributed by atoms with van der Waals surface area (Å²) in [5.74, 6) is 0. The van der Waals surface area contributed by atoms with Crippen LogP contribution in [-0.4, -0.2) is 10.9 Å². The van der Waals surface area contributed by atoms with Crippen molar-refractivity contribution in [2.45, 2.75) is 32.0 Å². The summed E-state index contributed by atoms with van der Waals surface area (Å²) in [6.07, 6.45) is 2.67. The molecule has 0 unspecified atom stereocenters. The van der Waals surface area contributed by atoms with Gasteiger partial charge in [-0.2, -0.15) is 0 Å². The lowest BCUT2D eigenvalue weighted by molar-refractivity contribution is 0.248. The zero-order valence-corrected chi connectivity index (χ0v) is 13.1. The molecule has 19 heavy (non-hydrogen) atoms. The van der Waals surface area contributed by atoms with E-state index in [4.69, 9.17) is 5.73 Å². The quantitative estimate of drug-likeness (QED) is 0.826. The predicted molar refractivity (Wildman–Crippen MR) is 85.1 cm³/mol. The van der Waals surface area contributed by atoms with E-state index in [2.05, 4.69) is 44.4 Å². The molecule has 100 valence electrons. The highest BCUT2D eigenvalue weighted by molar-refractivity contribution is 9.10. The van der Waals surface area contributed by atoms with Crippen molar-refractivity contribution >= 4 is 33.0 Å². The SMILES string of the molecule is Nc1ccc(CN(Cc2cc(Br)cs2)C2CC2)cc1. The molecule has 0 atom stereocenters. The summed E-state index contributed by atoms with van der Waals surface area (Å²) in [6, 6.07) is 11.2. The van der Waals surface area contributed by atoms with Gasteiger partial charge in [-0.3, -0.25) is 4.90 Å². The van der Waals surface area contributed by atoms with Crippen LogP contribution in [0, 0.1) is 0 Å². The third-order valence-corrected chi connectivity index (χ3v) is 5.09. The Morgan fingerprint density at radius 3 is 2.53 bits per heavy atom. The molecule has 1 aromatic carbocycles. The molecule has 1 aliphatic rings. The fourth-order valence-electron chi connectivity index (χ4n) is 2.25. The fourth-order valence-corrected chi connectivity index (χ4v) is 3.72. The number of nitrogens with two attached hydrogens (primary N) is 1. The molecule has 0 bridgehead atoms. The Morgan fingerprint density at radius 1 is 1.21 bits per heavy atom. The van der Waals surface area contributed by atoms with E-state index in [0.717, 1.165) is 24.8 Å². The molecule has 1 aliphatic carbocycles. The molecule has 1 heterocycles. The van der Waals surface area contributed by atoms with Gasteiger partial charge in [-0.25, -0.2) is 0 Å². The van der Waals surface area contributed by atoms with Crippen molar-refractivity contribution in [2.75, 3.05) is 5.73 Å². The van der Waals surface area contributed by atoms with Gasteiger partial charge in [-0.05, 0) is 52.5 Å². The normalized spacial score (nSPS) is 15.1. The lowest BCUT2D eigenvalue weighted by atomic mass is 10.2. The van der Waals surface area contributed by atoms with Gasteiger partial charge in [0.2, 0.25) is 0 Å². The molecule has 2 N–H and O–H groups in total. The van der Waals surface area contributed by atoms with Crippen molar-refractivity contribution in [2.24, 2.45) is 0 Å². The number of hydrogen-bond acceptors (Lipinski definition) is 3. The van der Waals surface area contributed by atoms with E-state index >= 15 is 0 Å². The van der Waals surface area contributed by atoms with E-state index in [1.807, 2.05) is 23.5 Å². The van der Waals surface area contributed by atoms with Crippen molar-refractivity contribution < 1.29 is 0 Å². The Labute approximate surface area is 126 Å². The molecule has 1 aromatic heterocycles. The maximum Gasteiger partial charge on any atom is 0.0334 e. The summed E-state index contributed by atoms with van der Waals surface area (Å²) in [6.45, 7) is 2.06. The maximum absolute atomic E-state index is 5.74. The van der Waals surface area contributed by atoms with Gasteiger partial charge in [0.05, 0.1) is 0 Å². The topological polar surface area (TPSA) is 29.3 Å². The van der Waals surface area contributed by atoms with Gasteiger partial charge in [0.1, 0.15) is 0 Å². The Balaban J connectivity index is 1.69. The number of anilines is 1. The summed E-state index contributed by atoms with van der Waals surface area (Å²) < 4.78 is 1.19. The van der Waals surface area contributed by atoms with Gasteiger partial charge in [0.15, 0.2) is 0 Å². The molecular formula is C15H17BrN2S. The molecule has 0 saturated heterocycles. The zero-order valence-electron chi connectivity index (χ0n) is 10.7. The minimum Gasteiger partial charge on any atom is -0.399 e. The van der Waals surface area contributed by atoms with E-state index < -0.39 is 0 Å². The van der Waals surface area contributed by atoms with Crippen molar-refractivity contribution in [3.05, 3.63) is 50.6 Å². The number of nitrogens with zero attached hydrogens (tertiary/aromatic N) is 1. The van der Waals surface area contributed by atoms with Crippen LogP contribution in [0.2, 0.25) is 0 Å². The first-order chi connectivity index (χ1) is 9.20. The summed E-state index contributed by atoms with van der Waals surface area (Å²) in [4.78, 5) is 4.00. The van der Waals surface area contributed by atoms with Crippen LogP contribution >= 0.6 is 27.3 Å². The minimum absolute atomic E-state index is 0.762. The molecule has 0 amide bonds. The molecule has 0 radical (unpaired) electrons. The molecule has 2 aromatic rings. The van der Waals surface area contributed by atoms with E-state index in [1.165, 1.54) is 27.8 Å². The second kappa shape index (κ2) is 5.65. The highest BCUT2D eigenvalue weighted by atomic mass is 79.9. The van der Waals surface area contributed by atoms with Crippen LogP contribution in [-0.2, 0) is 13.1 Å². The molecule has 1 fully saturated rings. The molecule has 1 saturated carbocycles. The first kappa shape index (κ1) is 13.2. The first-order valence-electron chi connectivity index (χ1n) is 6.52. The Morgan fingerprint density at radius 2 is 1.95 bits per heavy atom. The average Bonchev–Trinajstić information content (AvgIpc) is 3.16. The summed E-state index contributed by atoms with van der Waals surface area (Å²) in [5.41, 5.74) is 7.92. The van der Waals surface area contributed by atoms with Crippen molar-refractivity contribution in [1.82, 2.24) is 4.90 Å². The second-order valence-corrected chi connectivity index (χ2v) is 7.02. The molecule has 0 aliphatic heterocycles. The van der Waals surface area contributed by atoms with Crippen LogP contribution in [0.15, 0.2) is 40.2 Å². The minimum atomic E-state index is 0.762. The van der Waals surface area contributed by atoms with Crippen LogP contribution in [0.4, 0.5) is 5.69 Å². The van der Waals surface area contributed by atoms with Crippen LogP contribution < -0.4 is 5.73 Å². The lowest BCUT2D eigenvalue weighted by Crippen LogP contribution is -2.24. The van der Waals surface area contributed by atoms with Gasteiger partial charge in [0, 0.05) is 39.5 Å². The average molecular weight is 337 g/mol. The molecule has 0 spiro atoms. The van der Waals surface area contributed by atoms with Crippen LogP contribution in [0.5, 0.6) is 0 Å². The molecule has 3 rings (SSSR count). The first-order valence-corrected chi connectivity index (χ1v) is 8.19. The standard InChI is InChI=1S/C15H17BrN2S/c16-12-7-15(19-10-12)9-18(14-5-6-14)8-11-1-3-13(17)4-2-11/h1-4,7,10,14H,5-6,8-9,17H2. The number of rotatable bonds is 5. The Hall–Kier alpha value is -0.840. The Kier molecular flexibility index (Phi) is 3.91. The number of nitrogen functional groups attached to an aromatic ring is 1. The van der Waals surface area contributed by atoms with Gasteiger partial charge < -0.3 is 5.73 Å². The summed E-state index contributed by atoms with van der Waals surface area (Å²) in [7, 11) is 0. The van der Waals surface area contributed by atoms with Gasteiger partial charge in [-0.15, -0.1) is 11.3 Å². The number of thiophene rings is 1. The van der Waals surface area contributed by atoms with E-state index in [1.54, 1.807) is 0 Å². The third kappa shape index (κ3) is 3.59. The van der Waals surface area contributed by atoms with Crippen LogP contribution in [0.1, 0.15) is 23.3 Å². The number of benzene rings is 1. The zero-order chi connectivity index (χ0) is 13.2.